The third-order valence-corrected chi connectivity index (χ3v) is 8.92. The number of ketones is 1. The number of likely N-dealkylation sites (tertiary alicyclic amines) is 1. The topological polar surface area (TPSA) is 42.6 Å². The zero-order chi connectivity index (χ0) is 28.3. The summed E-state index contributed by atoms with van der Waals surface area (Å²) in [5.41, 5.74) is 5.58. The maximum atomic E-state index is 13.5. The number of benzene rings is 3. The molecule has 1 saturated heterocycles. The van der Waals surface area contributed by atoms with E-state index in [1.807, 2.05) is 6.07 Å². The van der Waals surface area contributed by atoms with E-state index in [1.54, 1.807) is 7.11 Å². The molecule has 1 unspecified atom stereocenters. The number of aromatic nitrogens is 1. The predicted molar refractivity (Wildman–Crippen MR) is 162 cm³/mol. The highest BCUT2D eigenvalue weighted by molar-refractivity contribution is 6.02. The Labute approximate surface area is 243 Å². The summed E-state index contributed by atoms with van der Waals surface area (Å²) in [5, 5.41) is 1.21. The van der Waals surface area contributed by atoms with Crippen molar-refractivity contribution < 1.29 is 18.8 Å². The Balaban J connectivity index is 1.12. The van der Waals surface area contributed by atoms with Crippen molar-refractivity contribution in [1.82, 2.24) is 4.90 Å². The molecule has 0 N–H and O–H groups in total. The van der Waals surface area contributed by atoms with Gasteiger partial charge in [0, 0.05) is 35.5 Å². The Hall–Kier alpha value is -3.70. The average molecular weight is 550 g/mol. The van der Waals surface area contributed by atoms with Crippen LogP contribution in [0.3, 0.4) is 0 Å². The highest BCUT2D eigenvalue weighted by atomic mass is 16.5. The molecule has 6 rings (SSSR count). The fourth-order valence-electron chi connectivity index (χ4n) is 6.81. The SMILES string of the molecule is COc1cc2c(cc1OCc1ccc3ccccc3[n+]1C(C)C)CC(CC1CCN(Cc3ccccc3)CC1)C2=O. The number of nitrogens with zero attached hydrogens (tertiary/aromatic N) is 2. The second kappa shape index (κ2) is 12.0. The Kier molecular flexibility index (Phi) is 8.06. The van der Waals surface area contributed by atoms with Crippen LogP contribution in [0, 0.1) is 11.8 Å². The van der Waals surface area contributed by atoms with Crippen molar-refractivity contribution in [2.24, 2.45) is 11.8 Å². The van der Waals surface area contributed by atoms with Gasteiger partial charge in [0.15, 0.2) is 29.9 Å². The summed E-state index contributed by atoms with van der Waals surface area (Å²) >= 11 is 0. The van der Waals surface area contributed by atoms with Crippen molar-refractivity contribution in [2.45, 2.75) is 58.7 Å². The number of piperidine rings is 1. The van der Waals surface area contributed by atoms with Crippen molar-refractivity contribution >= 4 is 16.7 Å². The number of Topliss-reactive ketones (excluding diaryl/α,β-unsaturated/α-hetero) is 1. The summed E-state index contributed by atoms with van der Waals surface area (Å²) in [5.74, 6) is 2.26. The van der Waals surface area contributed by atoms with Gasteiger partial charge in [0.25, 0.3) is 0 Å². The molecular formula is C36H41N2O3+. The summed E-state index contributed by atoms with van der Waals surface area (Å²) < 4.78 is 14.4. The third-order valence-electron chi connectivity index (χ3n) is 8.92. The lowest BCUT2D eigenvalue weighted by molar-refractivity contribution is -0.700. The molecule has 0 radical (unpaired) electrons. The number of para-hydroxylation sites is 1. The molecule has 0 saturated carbocycles. The van der Waals surface area contributed by atoms with E-state index in [4.69, 9.17) is 9.47 Å². The number of hydrogen-bond donors (Lipinski definition) is 0. The second-order valence-electron chi connectivity index (χ2n) is 12.0. The number of methoxy groups -OCH3 is 1. The Bertz CT molecular complexity index is 1520. The van der Waals surface area contributed by atoms with E-state index in [0.29, 0.717) is 30.1 Å². The molecule has 41 heavy (non-hydrogen) atoms. The normalized spacial score (nSPS) is 17.8. The number of fused-ring (bicyclic) bond motifs is 2. The lowest BCUT2D eigenvalue weighted by Gasteiger charge is -2.32. The van der Waals surface area contributed by atoms with Crippen molar-refractivity contribution in [3.8, 4) is 11.5 Å². The summed E-state index contributed by atoms with van der Waals surface area (Å²) in [4.78, 5) is 16.0. The first-order valence-electron chi connectivity index (χ1n) is 15.1. The highest BCUT2D eigenvalue weighted by Gasteiger charge is 2.35. The van der Waals surface area contributed by atoms with Crippen molar-refractivity contribution in [3.05, 3.63) is 101 Å². The van der Waals surface area contributed by atoms with Gasteiger partial charge >= 0.3 is 0 Å². The van der Waals surface area contributed by atoms with Crippen LogP contribution in [0.15, 0.2) is 78.9 Å². The predicted octanol–water partition coefficient (Wildman–Crippen LogP) is 6.95. The molecule has 1 aliphatic carbocycles. The fraction of sp³-hybridized carbons (Fsp3) is 0.389. The molecule has 0 bridgehead atoms. The van der Waals surface area contributed by atoms with Crippen LogP contribution in [-0.4, -0.2) is 30.9 Å². The van der Waals surface area contributed by atoms with Gasteiger partial charge in [0.05, 0.1) is 7.11 Å². The molecule has 2 aliphatic rings. The number of pyridine rings is 1. The molecular weight excluding hydrogens is 508 g/mol. The smallest absolute Gasteiger partial charge is 0.219 e. The molecule has 4 aromatic rings. The Morgan fingerprint density at radius 2 is 1.68 bits per heavy atom. The standard InChI is InChI=1S/C36H41N2O3/c1-25(2)38-31(14-13-28-11-7-8-12-33(28)38)24-41-35-21-29-20-30(36(39)32(29)22-34(35)40-3)19-26-15-17-37(18-16-26)23-27-9-5-4-6-10-27/h4-14,21-22,25-26,30H,15-20,23-24H2,1-3H3/q+1. The molecule has 1 atom stereocenters. The number of rotatable bonds is 9. The summed E-state index contributed by atoms with van der Waals surface area (Å²) in [6.45, 7) is 8.04. The first-order chi connectivity index (χ1) is 20.0. The van der Waals surface area contributed by atoms with Gasteiger partial charge in [-0.3, -0.25) is 9.69 Å². The maximum Gasteiger partial charge on any atom is 0.219 e. The molecule has 0 spiro atoms. The van der Waals surface area contributed by atoms with Gasteiger partial charge in [-0.25, -0.2) is 0 Å². The van der Waals surface area contributed by atoms with E-state index in [9.17, 15) is 4.79 Å². The number of carbonyl (C=O) groups excluding carboxylic acids is 1. The van der Waals surface area contributed by atoms with Gasteiger partial charge in [-0.05, 0) is 93.9 Å². The summed E-state index contributed by atoms with van der Waals surface area (Å²) in [7, 11) is 1.65. The van der Waals surface area contributed by atoms with E-state index >= 15 is 0 Å². The molecule has 0 amide bonds. The summed E-state index contributed by atoms with van der Waals surface area (Å²) in [6, 6.07) is 27.7. The minimum absolute atomic E-state index is 0.0548. The quantitative estimate of drug-likeness (QED) is 0.212. The highest BCUT2D eigenvalue weighted by Crippen LogP contribution is 2.40. The minimum atomic E-state index is 0.0548. The van der Waals surface area contributed by atoms with E-state index in [1.165, 1.54) is 16.5 Å². The van der Waals surface area contributed by atoms with E-state index in [0.717, 1.165) is 62.1 Å². The molecule has 2 heterocycles. The van der Waals surface area contributed by atoms with Gasteiger partial charge < -0.3 is 9.47 Å². The van der Waals surface area contributed by atoms with Crippen molar-refractivity contribution in [1.29, 1.82) is 0 Å². The third kappa shape index (κ3) is 5.87. The van der Waals surface area contributed by atoms with Crippen molar-refractivity contribution in [2.75, 3.05) is 20.2 Å². The Morgan fingerprint density at radius 3 is 2.44 bits per heavy atom. The van der Waals surface area contributed by atoms with Crippen LogP contribution in [0.2, 0.25) is 0 Å². The van der Waals surface area contributed by atoms with Crippen LogP contribution in [0.1, 0.15) is 66.3 Å². The van der Waals surface area contributed by atoms with Crippen LogP contribution in [0.4, 0.5) is 0 Å². The van der Waals surface area contributed by atoms with Crippen LogP contribution >= 0.6 is 0 Å². The minimum Gasteiger partial charge on any atom is -0.493 e. The molecule has 1 fully saturated rings. The van der Waals surface area contributed by atoms with Crippen molar-refractivity contribution in [3.63, 3.8) is 0 Å². The van der Waals surface area contributed by atoms with Crippen LogP contribution in [0.5, 0.6) is 11.5 Å². The van der Waals surface area contributed by atoms with Crippen LogP contribution < -0.4 is 14.0 Å². The zero-order valence-corrected chi connectivity index (χ0v) is 24.5. The molecule has 212 valence electrons. The second-order valence-corrected chi connectivity index (χ2v) is 12.0. The fourth-order valence-corrected chi connectivity index (χ4v) is 6.81. The molecule has 1 aliphatic heterocycles. The summed E-state index contributed by atoms with van der Waals surface area (Å²) in [6.07, 6.45) is 4.08. The van der Waals surface area contributed by atoms with Gasteiger partial charge in [0.1, 0.15) is 0 Å². The van der Waals surface area contributed by atoms with E-state index in [2.05, 4.69) is 96.1 Å². The van der Waals surface area contributed by atoms with Crippen LogP contribution in [-0.2, 0) is 19.6 Å². The lowest BCUT2D eigenvalue weighted by atomic mass is 9.85. The van der Waals surface area contributed by atoms with Gasteiger partial charge in [0.2, 0.25) is 11.2 Å². The molecule has 1 aromatic heterocycles. The molecule has 5 nitrogen and oxygen atoms in total. The van der Waals surface area contributed by atoms with Gasteiger partial charge in [-0.1, -0.05) is 42.5 Å². The number of carbonyl (C=O) groups is 1. The average Bonchev–Trinajstić information content (AvgIpc) is 3.29. The first-order valence-corrected chi connectivity index (χ1v) is 15.1. The van der Waals surface area contributed by atoms with Gasteiger partial charge in [-0.15, -0.1) is 0 Å². The number of ether oxygens (including phenoxy) is 2. The first kappa shape index (κ1) is 27.5. The molecule has 3 aromatic carbocycles. The van der Waals surface area contributed by atoms with Crippen LogP contribution in [0.25, 0.3) is 10.9 Å². The van der Waals surface area contributed by atoms with E-state index < -0.39 is 0 Å². The molecule has 5 heteroatoms. The number of hydrogen-bond acceptors (Lipinski definition) is 4. The zero-order valence-electron chi connectivity index (χ0n) is 24.5. The van der Waals surface area contributed by atoms with Gasteiger partial charge in [-0.2, -0.15) is 4.57 Å². The monoisotopic (exact) mass is 549 g/mol. The Morgan fingerprint density at radius 1 is 0.927 bits per heavy atom. The lowest BCUT2D eigenvalue weighted by Crippen LogP contribution is -2.42. The largest absolute Gasteiger partial charge is 0.493 e. The maximum absolute atomic E-state index is 13.5. The van der Waals surface area contributed by atoms with E-state index in [-0.39, 0.29) is 11.7 Å².